The number of aliphatic hydroxyl groups excluding tert-OH is 1. The highest BCUT2D eigenvalue weighted by atomic mass is 16.5. The van der Waals surface area contributed by atoms with E-state index >= 15 is 0 Å². The number of hydrogen-bond donors (Lipinski definition) is 2. The lowest BCUT2D eigenvalue weighted by atomic mass is 10.0. The number of aliphatic hydroxyl groups is 1. The van der Waals surface area contributed by atoms with Crippen molar-refractivity contribution >= 4 is 5.91 Å². The van der Waals surface area contributed by atoms with Crippen molar-refractivity contribution in [1.82, 2.24) is 5.32 Å². The zero-order valence-corrected chi connectivity index (χ0v) is 11.0. The maximum atomic E-state index is 12.0. The first-order valence-electron chi connectivity index (χ1n) is 6.25. The highest BCUT2D eigenvalue weighted by molar-refractivity contribution is 5.96. The van der Waals surface area contributed by atoms with Gasteiger partial charge in [0.15, 0.2) is 0 Å². The normalized spacial score (nSPS) is 11.9. The molecule has 0 heterocycles. The van der Waals surface area contributed by atoms with Crippen molar-refractivity contribution in [3.05, 3.63) is 29.8 Å². The topological polar surface area (TPSA) is 58.6 Å². The van der Waals surface area contributed by atoms with Crippen molar-refractivity contribution in [3.8, 4) is 5.75 Å². The number of rotatable bonds is 7. The van der Waals surface area contributed by atoms with E-state index < -0.39 is 0 Å². The second-order valence-electron chi connectivity index (χ2n) is 4.20. The molecule has 1 aromatic rings. The minimum absolute atomic E-state index is 0.135. The Labute approximate surface area is 108 Å². The molecular weight excluding hydrogens is 230 g/mol. The Morgan fingerprint density at radius 1 is 1.44 bits per heavy atom. The SMILES string of the molecule is CCC(CCO)CNC(=O)c1ccccc1OC. The molecule has 0 aliphatic rings. The minimum Gasteiger partial charge on any atom is -0.496 e. The van der Waals surface area contributed by atoms with Crippen LogP contribution in [0.5, 0.6) is 5.75 Å². The van der Waals surface area contributed by atoms with E-state index in [0.717, 1.165) is 6.42 Å². The van der Waals surface area contributed by atoms with Crippen LogP contribution in [0.15, 0.2) is 24.3 Å². The lowest BCUT2D eigenvalue weighted by Crippen LogP contribution is -2.29. The highest BCUT2D eigenvalue weighted by Crippen LogP contribution is 2.17. The van der Waals surface area contributed by atoms with Crippen molar-refractivity contribution < 1.29 is 14.6 Å². The van der Waals surface area contributed by atoms with Crippen molar-refractivity contribution in [2.45, 2.75) is 19.8 Å². The van der Waals surface area contributed by atoms with Gasteiger partial charge in [-0.1, -0.05) is 25.5 Å². The summed E-state index contributed by atoms with van der Waals surface area (Å²) in [5.74, 6) is 0.753. The molecule has 0 radical (unpaired) electrons. The molecule has 0 aromatic heterocycles. The molecule has 0 spiro atoms. The third-order valence-corrected chi connectivity index (χ3v) is 3.02. The molecule has 0 fully saturated rings. The minimum atomic E-state index is -0.135. The molecule has 18 heavy (non-hydrogen) atoms. The van der Waals surface area contributed by atoms with Gasteiger partial charge in [-0.2, -0.15) is 0 Å². The summed E-state index contributed by atoms with van der Waals surface area (Å²) in [6.07, 6.45) is 1.65. The van der Waals surface area contributed by atoms with Crippen LogP contribution in [0.1, 0.15) is 30.1 Å². The van der Waals surface area contributed by atoms with E-state index in [4.69, 9.17) is 9.84 Å². The van der Waals surface area contributed by atoms with Gasteiger partial charge in [-0.05, 0) is 24.5 Å². The summed E-state index contributed by atoms with van der Waals surface area (Å²) < 4.78 is 5.15. The van der Waals surface area contributed by atoms with Crippen LogP contribution in [0, 0.1) is 5.92 Å². The summed E-state index contributed by atoms with van der Waals surface area (Å²) in [6.45, 7) is 2.78. The van der Waals surface area contributed by atoms with Crippen LogP contribution in [-0.4, -0.2) is 31.3 Å². The van der Waals surface area contributed by atoms with Crippen LogP contribution in [0.3, 0.4) is 0 Å². The molecular formula is C14H21NO3. The molecule has 1 amide bonds. The maximum absolute atomic E-state index is 12.0. The first-order chi connectivity index (χ1) is 8.72. The Morgan fingerprint density at radius 3 is 2.78 bits per heavy atom. The fraction of sp³-hybridized carbons (Fsp3) is 0.500. The van der Waals surface area contributed by atoms with E-state index in [0.29, 0.717) is 30.2 Å². The summed E-state index contributed by atoms with van der Waals surface area (Å²) in [5.41, 5.74) is 0.541. The smallest absolute Gasteiger partial charge is 0.255 e. The van der Waals surface area contributed by atoms with Gasteiger partial charge in [-0.3, -0.25) is 4.79 Å². The summed E-state index contributed by atoms with van der Waals surface area (Å²) in [6, 6.07) is 7.14. The van der Waals surface area contributed by atoms with E-state index in [1.165, 1.54) is 0 Å². The molecule has 100 valence electrons. The van der Waals surface area contributed by atoms with Gasteiger partial charge >= 0.3 is 0 Å². The molecule has 0 aliphatic carbocycles. The summed E-state index contributed by atoms with van der Waals surface area (Å²) in [4.78, 5) is 12.0. The van der Waals surface area contributed by atoms with Gasteiger partial charge in [0.2, 0.25) is 0 Å². The van der Waals surface area contributed by atoms with Crippen molar-refractivity contribution in [2.24, 2.45) is 5.92 Å². The van der Waals surface area contributed by atoms with Gasteiger partial charge in [-0.15, -0.1) is 0 Å². The molecule has 0 saturated heterocycles. The number of ether oxygens (including phenoxy) is 1. The number of nitrogens with one attached hydrogen (secondary N) is 1. The van der Waals surface area contributed by atoms with Crippen LogP contribution >= 0.6 is 0 Å². The fourth-order valence-corrected chi connectivity index (χ4v) is 1.80. The summed E-state index contributed by atoms with van der Waals surface area (Å²) in [7, 11) is 1.55. The van der Waals surface area contributed by atoms with Crippen LogP contribution in [-0.2, 0) is 0 Å². The number of carbonyl (C=O) groups is 1. The standard InChI is InChI=1S/C14H21NO3/c1-3-11(8-9-16)10-15-14(17)12-6-4-5-7-13(12)18-2/h4-7,11,16H,3,8-10H2,1-2H3,(H,15,17). The molecule has 1 atom stereocenters. The second-order valence-corrected chi connectivity index (χ2v) is 4.20. The van der Waals surface area contributed by atoms with E-state index in [9.17, 15) is 4.79 Å². The quantitative estimate of drug-likeness (QED) is 0.777. The lowest BCUT2D eigenvalue weighted by molar-refractivity contribution is 0.0940. The number of methoxy groups -OCH3 is 1. The van der Waals surface area contributed by atoms with Crippen LogP contribution in [0.4, 0.5) is 0 Å². The summed E-state index contributed by atoms with van der Waals surface area (Å²) in [5, 5.41) is 11.8. The Hall–Kier alpha value is -1.55. The van der Waals surface area contributed by atoms with E-state index in [1.54, 1.807) is 19.2 Å². The van der Waals surface area contributed by atoms with E-state index in [2.05, 4.69) is 12.2 Å². The van der Waals surface area contributed by atoms with Crippen LogP contribution < -0.4 is 10.1 Å². The molecule has 4 nitrogen and oxygen atoms in total. The third-order valence-electron chi connectivity index (χ3n) is 3.02. The second kappa shape index (κ2) is 7.71. The Balaban J connectivity index is 2.59. The first-order valence-corrected chi connectivity index (χ1v) is 6.25. The van der Waals surface area contributed by atoms with E-state index in [1.807, 2.05) is 12.1 Å². The molecule has 0 aliphatic heterocycles. The monoisotopic (exact) mass is 251 g/mol. The van der Waals surface area contributed by atoms with Gasteiger partial charge in [0.05, 0.1) is 12.7 Å². The Kier molecular flexibility index (Phi) is 6.22. The van der Waals surface area contributed by atoms with Gasteiger partial charge < -0.3 is 15.2 Å². The van der Waals surface area contributed by atoms with E-state index in [-0.39, 0.29) is 12.5 Å². The predicted octanol–water partition coefficient (Wildman–Crippen LogP) is 1.83. The van der Waals surface area contributed by atoms with Crippen molar-refractivity contribution in [2.75, 3.05) is 20.3 Å². The summed E-state index contributed by atoms with van der Waals surface area (Å²) >= 11 is 0. The third kappa shape index (κ3) is 4.04. The molecule has 1 rings (SSSR count). The molecule has 4 heteroatoms. The number of amides is 1. The number of para-hydroxylation sites is 1. The maximum Gasteiger partial charge on any atom is 0.255 e. The molecule has 0 bridgehead atoms. The molecule has 1 unspecified atom stereocenters. The van der Waals surface area contributed by atoms with Crippen molar-refractivity contribution in [1.29, 1.82) is 0 Å². The van der Waals surface area contributed by atoms with Gasteiger partial charge in [0, 0.05) is 13.2 Å². The molecule has 1 aromatic carbocycles. The Morgan fingerprint density at radius 2 is 2.17 bits per heavy atom. The molecule has 2 N–H and O–H groups in total. The van der Waals surface area contributed by atoms with Gasteiger partial charge in [0.1, 0.15) is 5.75 Å². The Bertz CT molecular complexity index is 379. The average molecular weight is 251 g/mol. The first kappa shape index (κ1) is 14.5. The van der Waals surface area contributed by atoms with Crippen LogP contribution in [0.25, 0.3) is 0 Å². The zero-order valence-electron chi connectivity index (χ0n) is 11.0. The molecule has 0 saturated carbocycles. The van der Waals surface area contributed by atoms with Crippen molar-refractivity contribution in [3.63, 3.8) is 0 Å². The average Bonchev–Trinajstić information content (AvgIpc) is 2.42. The number of benzene rings is 1. The number of hydrogen-bond acceptors (Lipinski definition) is 3. The predicted molar refractivity (Wildman–Crippen MR) is 70.8 cm³/mol. The van der Waals surface area contributed by atoms with Gasteiger partial charge in [0.25, 0.3) is 5.91 Å². The number of carbonyl (C=O) groups excluding carboxylic acids is 1. The zero-order chi connectivity index (χ0) is 13.4. The lowest BCUT2D eigenvalue weighted by Gasteiger charge is -2.15. The fourth-order valence-electron chi connectivity index (χ4n) is 1.80. The largest absolute Gasteiger partial charge is 0.496 e. The highest BCUT2D eigenvalue weighted by Gasteiger charge is 2.13. The van der Waals surface area contributed by atoms with Gasteiger partial charge in [-0.25, -0.2) is 0 Å². The van der Waals surface area contributed by atoms with Crippen LogP contribution in [0.2, 0.25) is 0 Å².